The van der Waals surface area contributed by atoms with Gasteiger partial charge in [-0.1, -0.05) is 17.7 Å². The maximum Gasteiger partial charge on any atom is 0.408 e. The molecule has 1 fully saturated rings. The quantitative estimate of drug-likeness (QED) is 0.577. The summed E-state index contributed by atoms with van der Waals surface area (Å²) in [5, 5.41) is 19.1. The van der Waals surface area contributed by atoms with Gasteiger partial charge in [-0.05, 0) is 61.6 Å². The zero-order chi connectivity index (χ0) is 22.9. The van der Waals surface area contributed by atoms with Gasteiger partial charge in [-0.2, -0.15) is 0 Å². The van der Waals surface area contributed by atoms with Gasteiger partial charge < -0.3 is 14.6 Å². The molecule has 172 valence electrons. The molecule has 1 N–H and O–H groups in total. The van der Waals surface area contributed by atoms with Crippen molar-refractivity contribution in [2.75, 3.05) is 7.11 Å². The molecule has 1 amide bonds. The largest absolute Gasteiger partial charge is 0.497 e. The van der Waals surface area contributed by atoms with Crippen molar-refractivity contribution in [2.45, 2.75) is 50.8 Å². The van der Waals surface area contributed by atoms with Gasteiger partial charge in [-0.15, -0.1) is 10.2 Å². The van der Waals surface area contributed by atoms with Crippen LogP contribution in [0.5, 0.6) is 11.5 Å². The molecule has 0 saturated heterocycles. The number of nitrogens with zero attached hydrogens (tertiary/aromatic N) is 4. The van der Waals surface area contributed by atoms with Crippen LogP contribution in [-0.2, 0) is 13.1 Å². The summed E-state index contributed by atoms with van der Waals surface area (Å²) in [5.74, 6) is 3.32. The third-order valence-electron chi connectivity index (χ3n) is 6.38. The summed E-state index contributed by atoms with van der Waals surface area (Å²) in [6, 6.07) is 13.3. The highest BCUT2D eigenvalue weighted by atomic mass is 35.5. The van der Waals surface area contributed by atoms with Gasteiger partial charge in [0.25, 0.3) is 0 Å². The van der Waals surface area contributed by atoms with E-state index in [0.29, 0.717) is 10.8 Å². The Labute approximate surface area is 196 Å². The third-order valence-corrected chi connectivity index (χ3v) is 6.62. The van der Waals surface area contributed by atoms with Crippen LogP contribution in [0.1, 0.15) is 48.8 Å². The molecule has 1 aromatic heterocycles. The number of hydrogen-bond donors (Lipinski definition) is 1. The topological polar surface area (TPSA) is 89.7 Å². The van der Waals surface area contributed by atoms with E-state index < -0.39 is 6.09 Å². The van der Waals surface area contributed by atoms with Crippen molar-refractivity contribution in [2.24, 2.45) is 0 Å². The summed E-state index contributed by atoms with van der Waals surface area (Å²) >= 11 is 6.22. The average Bonchev–Trinajstić information content (AvgIpc) is 3.15. The Kier molecular flexibility index (Phi) is 5.85. The van der Waals surface area contributed by atoms with Crippen LogP contribution in [0.25, 0.3) is 5.69 Å². The number of aromatic nitrogens is 3. The minimum absolute atomic E-state index is 0.133. The van der Waals surface area contributed by atoms with Crippen molar-refractivity contribution in [1.29, 1.82) is 0 Å². The summed E-state index contributed by atoms with van der Waals surface area (Å²) in [6.07, 6.45) is 2.77. The van der Waals surface area contributed by atoms with Crippen molar-refractivity contribution < 1.29 is 19.4 Å². The molecular weight excluding hydrogens is 444 g/mol. The average molecular weight is 469 g/mol. The van der Waals surface area contributed by atoms with Crippen LogP contribution in [0, 0.1) is 0 Å². The van der Waals surface area contributed by atoms with Gasteiger partial charge in [-0.3, -0.25) is 9.47 Å². The van der Waals surface area contributed by atoms with E-state index in [2.05, 4.69) is 10.2 Å². The number of fused-ring (bicyclic) bond motifs is 3. The maximum atomic E-state index is 11.8. The molecule has 8 nitrogen and oxygen atoms in total. The predicted molar refractivity (Wildman–Crippen MR) is 122 cm³/mol. The standard InChI is InChI=1S/C24H25ClN4O4/c1-32-19-3-2-4-20(12-19)33-18-8-5-15(6-9-18)23-27-26-22-14-28(24(30)31)13-16-11-17(25)7-10-21(16)29(22)23/h2-4,7,10-12,15,18H,5-6,8-9,13-14H2,1H3,(H,30,31)/t15-,18-. The summed E-state index contributed by atoms with van der Waals surface area (Å²) in [7, 11) is 1.65. The highest BCUT2D eigenvalue weighted by Gasteiger charge is 2.32. The van der Waals surface area contributed by atoms with Gasteiger partial charge >= 0.3 is 6.09 Å². The lowest BCUT2D eigenvalue weighted by Gasteiger charge is -2.29. The second-order valence-electron chi connectivity index (χ2n) is 8.49. The van der Waals surface area contributed by atoms with Crippen LogP contribution in [-0.4, -0.2) is 44.1 Å². The molecule has 1 aliphatic carbocycles. The van der Waals surface area contributed by atoms with E-state index in [-0.39, 0.29) is 25.1 Å². The molecule has 1 saturated carbocycles. The molecular formula is C24H25ClN4O4. The number of benzene rings is 2. The Morgan fingerprint density at radius 3 is 2.61 bits per heavy atom. The molecule has 0 radical (unpaired) electrons. The summed E-state index contributed by atoms with van der Waals surface area (Å²) in [5.41, 5.74) is 1.74. The first kappa shape index (κ1) is 21.6. The van der Waals surface area contributed by atoms with Gasteiger partial charge in [0.15, 0.2) is 5.82 Å². The molecule has 0 atom stereocenters. The van der Waals surface area contributed by atoms with E-state index in [1.807, 2.05) is 47.0 Å². The van der Waals surface area contributed by atoms with E-state index in [9.17, 15) is 9.90 Å². The van der Waals surface area contributed by atoms with Gasteiger partial charge in [-0.25, -0.2) is 4.79 Å². The fourth-order valence-electron chi connectivity index (χ4n) is 4.73. The smallest absolute Gasteiger partial charge is 0.408 e. The number of hydrogen-bond acceptors (Lipinski definition) is 5. The zero-order valence-corrected chi connectivity index (χ0v) is 19.0. The first-order valence-corrected chi connectivity index (χ1v) is 11.4. The fraction of sp³-hybridized carbons (Fsp3) is 0.375. The van der Waals surface area contributed by atoms with Gasteiger partial charge in [0.1, 0.15) is 17.3 Å². The lowest BCUT2D eigenvalue weighted by Crippen LogP contribution is -2.28. The van der Waals surface area contributed by atoms with Crippen molar-refractivity contribution >= 4 is 17.7 Å². The molecule has 1 aliphatic heterocycles. The lowest BCUT2D eigenvalue weighted by molar-refractivity contribution is 0.138. The molecule has 33 heavy (non-hydrogen) atoms. The Morgan fingerprint density at radius 1 is 1.06 bits per heavy atom. The molecule has 9 heteroatoms. The SMILES string of the molecule is COc1cccc(O[C@H]2CC[C@H](c3nnc4n3-c3ccc(Cl)cc3CN(C(=O)O)C4)CC2)c1. The second kappa shape index (κ2) is 8.94. The zero-order valence-electron chi connectivity index (χ0n) is 18.3. The Hall–Kier alpha value is -3.26. The van der Waals surface area contributed by atoms with Gasteiger partial charge in [0, 0.05) is 17.0 Å². The first-order chi connectivity index (χ1) is 16.0. The van der Waals surface area contributed by atoms with Gasteiger partial charge in [0.2, 0.25) is 0 Å². The summed E-state index contributed by atoms with van der Waals surface area (Å²) in [4.78, 5) is 13.1. The number of halogens is 1. The summed E-state index contributed by atoms with van der Waals surface area (Å²) < 4.78 is 13.5. The van der Waals surface area contributed by atoms with E-state index in [4.69, 9.17) is 21.1 Å². The maximum absolute atomic E-state index is 11.8. The van der Waals surface area contributed by atoms with Crippen LogP contribution < -0.4 is 9.47 Å². The Morgan fingerprint density at radius 2 is 1.85 bits per heavy atom. The minimum Gasteiger partial charge on any atom is -0.497 e. The van der Waals surface area contributed by atoms with Crippen LogP contribution in [0.3, 0.4) is 0 Å². The predicted octanol–water partition coefficient (Wildman–Crippen LogP) is 5.03. The van der Waals surface area contributed by atoms with E-state index in [1.165, 1.54) is 4.90 Å². The van der Waals surface area contributed by atoms with E-state index in [0.717, 1.165) is 54.3 Å². The molecule has 2 heterocycles. The lowest BCUT2D eigenvalue weighted by atomic mass is 9.86. The van der Waals surface area contributed by atoms with Crippen molar-refractivity contribution in [1.82, 2.24) is 19.7 Å². The number of methoxy groups -OCH3 is 1. The highest BCUT2D eigenvalue weighted by molar-refractivity contribution is 6.30. The number of carbonyl (C=O) groups is 1. The van der Waals surface area contributed by atoms with Crippen LogP contribution in [0.4, 0.5) is 4.79 Å². The fourth-order valence-corrected chi connectivity index (χ4v) is 4.93. The van der Waals surface area contributed by atoms with Crippen molar-refractivity contribution in [3.05, 3.63) is 64.7 Å². The molecule has 5 rings (SSSR count). The molecule has 0 bridgehead atoms. The highest BCUT2D eigenvalue weighted by Crippen LogP contribution is 2.37. The van der Waals surface area contributed by atoms with Crippen molar-refractivity contribution in [3.63, 3.8) is 0 Å². The molecule has 3 aromatic rings. The van der Waals surface area contributed by atoms with Crippen LogP contribution in [0.2, 0.25) is 5.02 Å². The normalized spacial score (nSPS) is 19.9. The Balaban J connectivity index is 1.37. The monoisotopic (exact) mass is 468 g/mol. The molecule has 0 unspecified atom stereocenters. The molecule has 2 aromatic carbocycles. The number of carboxylic acid groups (broad SMARTS) is 1. The number of rotatable bonds is 4. The van der Waals surface area contributed by atoms with E-state index >= 15 is 0 Å². The molecule has 0 spiro atoms. The van der Waals surface area contributed by atoms with Crippen LogP contribution in [0.15, 0.2) is 42.5 Å². The van der Waals surface area contributed by atoms with Crippen molar-refractivity contribution in [3.8, 4) is 17.2 Å². The third kappa shape index (κ3) is 4.35. The minimum atomic E-state index is -0.992. The second-order valence-corrected chi connectivity index (χ2v) is 8.93. The Bertz CT molecular complexity index is 1170. The number of amides is 1. The first-order valence-electron chi connectivity index (χ1n) is 11.0. The van der Waals surface area contributed by atoms with E-state index in [1.54, 1.807) is 7.11 Å². The van der Waals surface area contributed by atoms with Crippen LogP contribution >= 0.6 is 11.6 Å². The van der Waals surface area contributed by atoms with Gasteiger partial charge in [0.05, 0.1) is 32.0 Å². The summed E-state index contributed by atoms with van der Waals surface area (Å²) in [6.45, 7) is 0.443. The molecule has 2 aliphatic rings. The number of ether oxygens (including phenoxy) is 2.